The fourth-order valence-corrected chi connectivity index (χ4v) is 3.89. The van der Waals surface area contributed by atoms with Gasteiger partial charge in [0.2, 0.25) is 0 Å². The molecular weight excluding hydrogens is 420 g/mol. The van der Waals surface area contributed by atoms with Gasteiger partial charge in [0, 0.05) is 6.20 Å². The molecule has 140 valence electrons. The second-order valence-electron chi connectivity index (χ2n) is 5.55. The van der Waals surface area contributed by atoms with E-state index in [9.17, 15) is 8.42 Å². The van der Waals surface area contributed by atoms with E-state index in [1.165, 1.54) is 0 Å². The second kappa shape index (κ2) is 8.57. The lowest BCUT2D eigenvalue weighted by Crippen LogP contribution is -2.33. The molecule has 2 aromatic rings. The average molecular weight is 441 g/mol. The Labute approximate surface area is 162 Å². The fourth-order valence-electron chi connectivity index (χ4n) is 2.26. The van der Waals surface area contributed by atoms with Gasteiger partial charge in [0.05, 0.1) is 23.6 Å². The van der Waals surface area contributed by atoms with Crippen LogP contribution in [0.25, 0.3) is 5.57 Å². The summed E-state index contributed by atoms with van der Waals surface area (Å²) in [6, 6.07) is 10.2. The quantitative estimate of drug-likeness (QED) is 0.642. The average Bonchev–Trinajstić information content (AvgIpc) is 2.61. The molecule has 0 unspecified atom stereocenters. The number of aryl methyl sites for hydroxylation is 1. The van der Waals surface area contributed by atoms with Crippen LogP contribution in [-0.4, -0.2) is 22.6 Å². The van der Waals surface area contributed by atoms with Gasteiger partial charge in [-0.05, 0) is 65.2 Å². The molecule has 0 heterocycles. The van der Waals surface area contributed by atoms with Crippen LogP contribution in [0.2, 0.25) is 0 Å². The molecule has 6 nitrogen and oxygen atoms in total. The maximum atomic E-state index is 12.3. The first-order valence-electron chi connectivity index (χ1n) is 7.71. The molecule has 0 amide bonds. The first kappa shape index (κ1) is 20.3. The van der Waals surface area contributed by atoms with Crippen molar-refractivity contribution in [1.82, 2.24) is 10.3 Å². The van der Waals surface area contributed by atoms with E-state index >= 15 is 0 Å². The molecule has 0 fully saturated rings. The number of ether oxygens (including phenoxy) is 2. The van der Waals surface area contributed by atoms with Crippen LogP contribution < -0.4 is 19.7 Å². The Hall–Kier alpha value is -2.03. The van der Waals surface area contributed by atoms with Crippen molar-refractivity contribution in [3.8, 4) is 11.5 Å². The van der Waals surface area contributed by atoms with Gasteiger partial charge in [0.15, 0.2) is 11.5 Å². The molecule has 0 radical (unpaired) electrons. The summed E-state index contributed by atoms with van der Waals surface area (Å²) in [5.41, 5.74) is 5.26. The minimum Gasteiger partial charge on any atom is -0.493 e. The van der Waals surface area contributed by atoms with Crippen LogP contribution in [0.1, 0.15) is 18.1 Å². The van der Waals surface area contributed by atoms with Crippen molar-refractivity contribution < 1.29 is 17.9 Å². The summed E-state index contributed by atoms with van der Waals surface area (Å²) in [5, 5.41) is 0. The van der Waals surface area contributed by atoms with Gasteiger partial charge in [-0.3, -0.25) is 0 Å². The van der Waals surface area contributed by atoms with Gasteiger partial charge in [-0.15, -0.1) is 4.83 Å². The highest BCUT2D eigenvalue weighted by Gasteiger charge is 2.15. The normalized spacial score (nSPS) is 12.0. The van der Waals surface area contributed by atoms with Gasteiger partial charge >= 0.3 is 0 Å². The monoisotopic (exact) mass is 440 g/mol. The molecule has 26 heavy (non-hydrogen) atoms. The smallest absolute Gasteiger partial charge is 0.257 e. The maximum absolute atomic E-state index is 12.3. The van der Waals surface area contributed by atoms with Crippen molar-refractivity contribution in [2.45, 2.75) is 18.7 Å². The molecule has 0 aliphatic heterocycles. The highest BCUT2D eigenvalue weighted by atomic mass is 79.9. The predicted octanol–water partition coefficient (Wildman–Crippen LogP) is 3.62. The van der Waals surface area contributed by atoms with Crippen LogP contribution in [0.4, 0.5) is 0 Å². The van der Waals surface area contributed by atoms with Crippen LogP contribution in [0.15, 0.2) is 52.0 Å². The standard InChI is InChI=1S/C18H21BrN2O4S/c1-12-5-7-14(8-6-12)26(22,23)21-20-11-13(2)15-9-10-16(24-3)18(25-4)17(15)19/h5-11,20-21H,1-4H3. The third-order valence-corrected chi connectivity index (χ3v) is 5.79. The molecule has 8 heteroatoms. The number of halogens is 1. The summed E-state index contributed by atoms with van der Waals surface area (Å²) >= 11 is 3.50. The molecule has 0 saturated heterocycles. The topological polar surface area (TPSA) is 76.7 Å². The van der Waals surface area contributed by atoms with Crippen molar-refractivity contribution >= 4 is 31.5 Å². The van der Waals surface area contributed by atoms with Crippen molar-refractivity contribution in [2.75, 3.05) is 14.2 Å². The van der Waals surface area contributed by atoms with E-state index < -0.39 is 10.0 Å². The summed E-state index contributed by atoms with van der Waals surface area (Å²) in [5.74, 6) is 1.17. The van der Waals surface area contributed by atoms with Gasteiger partial charge < -0.3 is 14.9 Å². The molecule has 0 saturated carbocycles. The Morgan fingerprint density at radius 2 is 1.73 bits per heavy atom. The zero-order valence-corrected chi connectivity index (χ0v) is 17.4. The first-order valence-corrected chi connectivity index (χ1v) is 9.99. The molecule has 0 atom stereocenters. The van der Waals surface area contributed by atoms with Crippen molar-refractivity contribution in [1.29, 1.82) is 0 Å². The summed E-state index contributed by atoms with van der Waals surface area (Å²) in [4.78, 5) is 2.53. The fraction of sp³-hybridized carbons (Fsp3) is 0.222. The molecule has 0 aliphatic rings. The van der Waals surface area contributed by atoms with E-state index in [1.54, 1.807) is 50.8 Å². The van der Waals surface area contributed by atoms with E-state index in [4.69, 9.17) is 9.47 Å². The van der Waals surface area contributed by atoms with Crippen LogP contribution >= 0.6 is 15.9 Å². The number of rotatable bonds is 7. The van der Waals surface area contributed by atoms with Crippen molar-refractivity contribution in [3.63, 3.8) is 0 Å². The zero-order valence-electron chi connectivity index (χ0n) is 15.0. The number of hydrogen-bond donors (Lipinski definition) is 2. The van der Waals surface area contributed by atoms with E-state index in [2.05, 4.69) is 26.2 Å². The minimum absolute atomic E-state index is 0.189. The SMILES string of the molecule is COc1ccc(C(C)=CNNS(=O)(=O)c2ccc(C)cc2)c(Br)c1OC. The Bertz CT molecular complexity index is 910. The first-order chi connectivity index (χ1) is 12.3. The van der Waals surface area contributed by atoms with Crippen molar-refractivity contribution in [3.05, 3.63) is 58.2 Å². The van der Waals surface area contributed by atoms with Gasteiger partial charge in [0.25, 0.3) is 10.0 Å². The zero-order chi connectivity index (χ0) is 19.3. The number of hydrazine groups is 1. The third kappa shape index (κ3) is 4.57. The van der Waals surface area contributed by atoms with Gasteiger partial charge in [0.1, 0.15) is 0 Å². The summed E-state index contributed by atoms with van der Waals surface area (Å²) < 4.78 is 35.9. The molecular formula is C18H21BrN2O4S. The number of hydrogen-bond acceptors (Lipinski definition) is 5. The predicted molar refractivity (Wildman–Crippen MR) is 106 cm³/mol. The molecule has 0 aliphatic carbocycles. The Kier molecular flexibility index (Phi) is 6.69. The summed E-state index contributed by atoms with van der Waals surface area (Å²) in [6.45, 7) is 3.74. The number of methoxy groups -OCH3 is 2. The second-order valence-corrected chi connectivity index (χ2v) is 8.03. The van der Waals surface area contributed by atoms with Crippen LogP contribution in [0, 0.1) is 6.92 Å². The van der Waals surface area contributed by atoms with Gasteiger partial charge in [-0.25, -0.2) is 8.42 Å². The highest BCUT2D eigenvalue weighted by molar-refractivity contribution is 9.10. The van der Waals surface area contributed by atoms with Gasteiger partial charge in [-0.1, -0.05) is 17.7 Å². The summed E-state index contributed by atoms with van der Waals surface area (Å²) in [7, 11) is -0.532. The lowest BCUT2D eigenvalue weighted by Gasteiger charge is -2.14. The number of benzene rings is 2. The summed E-state index contributed by atoms with van der Waals surface area (Å²) in [6.07, 6.45) is 1.57. The van der Waals surface area contributed by atoms with E-state index in [1.807, 2.05) is 19.9 Å². The lowest BCUT2D eigenvalue weighted by molar-refractivity contribution is 0.353. The Morgan fingerprint density at radius 1 is 1.08 bits per heavy atom. The number of sulfonamides is 1. The van der Waals surface area contributed by atoms with E-state index in [-0.39, 0.29) is 4.90 Å². The van der Waals surface area contributed by atoms with Gasteiger partial charge in [-0.2, -0.15) is 0 Å². The van der Waals surface area contributed by atoms with Crippen molar-refractivity contribution in [2.24, 2.45) is 0 Å². The maximum Gasteiger partial charge on any atom is 0.257 e. The molecule has 0 aromatic heterocycles. The molecule has 0 bridgehead atoms. The molecule has 2 aromatic carbocycles. The van der Waals surface area contributed by atoms with Crippen LogP contribution in [-0.2, 0) is 10.0 Å². The third-order valence-electron chi connectivity index (χ3n) is 3.72. The van der Waals surface area contributed by atoms with E-state index in [0.29, 0.717) is 11.5 Å². The Balaban J connectivity index is 2.17. The largest absolute Gasteiger partial charge is 0.493 e. The van der Waals surface area contributed by atoms with E-state index in [0.717, 1.165) is 21.2 Å². The lowest BCUT2D eigenvalue weighted by atomic mass is 10.1. The molecule has 2 N–H and O–H groups in total. The van der Waals surface area contributed by atoms with Crippen LogP contribution in [0.5, 0.6) is 11.5 Å². The molecule has 0 spiro atoms. The number of nitrogens with one attached hydrogen (secondary N) is 2. The molecule has 2 rings (SSSR count). The Morgan fingerprint density at radius 3 is 2.31 bits per heavy atom. The minimum atomic E-state index is -3.65. The highest BCUT2D eigenvalue weighted by Crippen LogP contribution is 2.39. The van der Waals surface area contributed by atoms with Crippen LogP contribution in [0.3, 0.4) is 0 Å². The number of allylic oxidation sites excluding steroid dienone is 1.